The molecular formula is C12H20N2O. The second-order valence-electron chi connectivity index (χ2n) is 3.61. The van der Waals surface area contributed by atoms with E-state index < -0.39 is 0 Å². The molecule has 0 aliphatic heterocycles. The smallest absolute Gasteiger partial charge is 0.265 e. The largest absolute Gasteiger partial charge is 0.290 e. The van der Waals surface area contributed by atoms with E-state index in [2.05, 4.69) is 19.3 Å². The van der Waals surface area contributed by atoms with E-state index in [0.717, 1.165) is 0 Å². The topological polar surface area (TPSA) is 55.1 Å². The van der Waals surface area contributed by atoms with Crippen molar-refractivity contribution >= 4 is 5.91 Å². The van der Waals surface area contributed by atoms with Crippen molar-refractivity contribution in [2.45, 2.75) is 27.7 Å². The van der Waals surface area contributed by atoms with Gasteiger partial charge in [0.25, 0.3) is 5.91 Å². The maximum absolute atomic E-state index is 11.1. The molecule has 0 fully saturated rings. The van der Waals surface area contributed by atoms with Gasteiger partial charge in [0.15, 0.2) is 0 Å². The standard InChI is InChI=1S/C10H14N2O.C2H6/c1-10(2)6-3-4-8(5-7-10)9(13)12-11;1-2/h3-7H,11H2,1-2H3,(H,12,13);1-2H3. The summed E-state index contributed by atoms with van der Waals surface area (Å²) >= 11 is 0. The quantitative estimate of drug-likeness (QED) is 0.394. The summed E-state index contributed by atoms with van der Waals surface area (Å²) in [6, 6.07) is 0. The van der Waals surface area contributed by atoms with Gasteiger partial charge in [0.1, 0.15) is 0 Å². The molecule has 0 saturated heterocycles. The van der Waals surface area contributed by atoms with Gasteiger partial charge in [0, 0.05) is 11.0 Å². The normalized spacial score (nSPS) is 17.0. The zero-order valence-electron chi connectivity index (χ0n) is 9.87. The Bertz CT molecular complexity index is 299. The molecule has 1 rings (SSSR count). The zero-order chi connectivity index (χ0) is 11.9. The predicted octanol–water partition coefficient (Wildman–Crippen LogP) is 2.08. The Morgan fingerprint density at radius 1 is 1.33 bits per heavy atom. The maximum Gasteiger partial charge on any atom is 0.265 e. The molecule has 3 nitrogen and oxygen atoms in total. The number of rotatable bonds is 1. The second-order valence-corrected chi connectivity index (χ2v) is 3.61. The lowest BCUT2D eigenvalue weighted by Crippen LogP contribution is -2.30. The van der Waals surface area contributed by atoms with Gasteiger partial charge < -0.3 is 0 Å². The molecule has 0 aromatic rings. The summed E-state index contributed by atoms with van der Waals surface area (Å²) < 4.78 is 0. The van der Waals surface area contributed by atoms with Crippen LogP contribution in [-0.2, 0) is 4.79 Å². The van der Waals surface area contributed by atoms with E-state index in [1.165, 1.54) is 0 Å². The number of hydrogen-bond donors (Lipinski definition) is 2. The Morgan fingerprint density at radius 3 is 2.47 bits per heavy atom. The van der Waals surface area contributed by atoms with Crippen LogP contribution in [0.2, 0.25) is 0 Å². The summed E-state index contributed by atoms with van der Waals surface area (Å²) in [7, 11) is 0. The zero-order valence-corrected chi connectivity index (χ0v) is 9.87. The van der Waals surface area contributed by atoms with Crippen LogP contribution in [-0.4, -0.2) is 5.91 Å². The van der Waals surface area contributed by atoms with Crippen molar-refractivity contribution in [1.29, 1.82) is 0 Å². The molecule has 15 heavy (non-hydrogen) atoms. The molecule has 0 radical (unpaired) electrons. The fourth-order valence-electron chi connectivity index (χ4n) is 1.05. The van der Waals surface area contributed by atoms with Crippen LogP contribution in [0.15, 0.2) is 36.0 Å². The molecule has 0 atom stereocenters. The molecule has 0 bridgehead atoms. The van der Waals surface area contributed by atoms with E-state index >= 15 is 0 Å². The number of hydrazine groups is 1. The first-order valence-corrected chi connectivity index (χ1v) is 5.15. The average molecular weight is 208 g/mol. The Kier molecular flexibility index (Phi) is 5.64. The number of nitrogens with two attached hydrogens (primary N) is 1. The maximum atomic E-state index is 11.1. The van der Waals surface area contributed by atoms with E-state index in [1.54, 1.807) is 12.2 Å². The summed E-state index contributed by atoms with van der Waals surface area (Å²) in [6.07, 6.45) is 9.39. The van der Waals surface area contributed by atoms with E-state index in [-0.39, 0.29) is 11.3 Å². The van der Waals surface area contributed by atoms with Crippen molar-refractivity contribution in [3.8, 4) is 0 Å². The van der Waals surface area contributed by atoms with Gasteiger partial charge in [0.05, 0.1) is 0 Å². The van der Waals surface area contributed by atoms with E-state index in [1.807, 2.05) is 32.1 Å². The fourth-order valence-corrected chi connectivity index (χ4v) is 1.05. The van der Waals surface area contributed by atoms with Crippen molar-refractivity contribution in [2.75, 3.05) is 0 Å². The van der Waals surface area contributed by atoms with Gasteiger partial charge in [-0.2, -0.15) is 0 Å². The van der Waals surface area contributed by atoms with Crippen LogP contribution in [0.4, 0.5) is 0 Å². The Balaban J connectivity index is 0.000000921. The lowest BCUT2D eigenvalue weighted by Gasteiger charge is -2.12. The molecule has 0 spiro atoms. The molecule has 3 N–H and O–H groups in total. The van der Waals surface area contributed by atoms with Crippen molar-refractivity contribution < 1.29 is 4.79 Å². The van der Waals surface area contributed by atoms with E-state index in [4.69, 9.17) is 5.84 Å². The van der Waals surface area contributed by atoms with Gasteiger partial charge >= 0.3 is 0 Å². The van der Waals surface area contributed by atoms with Gasteiger partial charge in [0.2, 0.25) is 0 Å². The Labute approximate surface area is 91.7 Å². The first-order chi connectivity index (χ1) is 7.05. The molecule has 0 heterocycles. The van der Waals surface area contributed by atoms with Gasteiger partial charge in [-0.1, -0.05) is 52.0 Å². The summed E-state index contributed by atoms with van der Waals surface area (Å²) in [4.78, 5) is 11.1. The number of carbonyl (C=O) groups excluding carboxylic acids is 1. The highest BCUT2D eigenvalue weighted by Gasteiger charge is 2.12. The highest BCUT2D eigenvalue weighted by atomic mass is 16.2. The third-order valence-electron chi connectivity index (χ3n) is 1.89. The molecule has 0 aromatic heterocycles. The van der Waals surface area contributed by atoms with Crippen molar-refractivity contribution in [3.05, 3.63) is 36.0 Å². The number of carbonyl (C=O) groups is 1. The lowest BCUT2D eigenvalue weighted by atomic mass is 9.93. The monoisotopic (exact) mass is 208 g/mol. The lowest BCUT2D eigenvalue weighted by molar-refractivity contribution is -0.117. The number of allylic oxidation sites excluding steroid dienone is 4. The van der Waals surface area contributed by atoms with Crippen LogP contribution in [0, 0.1) is 5.41 Å². The van der Waals surface area contributed by atoms with Crippen LogP contribution in [0.3, 0.4) is 0 Å². The molecular weight excluding hydrogens is 188 g/mol. The SMILES string of the molecule is CC.CC1(C)C=CC=C(C(=O)NN)C=C1. The molecule has 1 aliphatic carbocycles. The fraction of sp³-hybridized carbons (Fsp3) is 0.417. The van der Waals surface area contributed by atoms with Crippen LogP contribution in [0.1, 0.15) is 27.7 Å². The van der Waals surface area contributed by atoms with Crippen LogP contribution < -0.4 is 11.3 Å². The van der Waals surface area contributed by atoms with Crippen LogP contribution >= 0.6 is 0 Å². The Morgan fingerprint density at radius 2 is 1.93 bits per heavy atom. The average Bonchev–Trinajstić information content (AvgIpc) is 2.41. The third-order valence-corrected chi connectivity index (χ3v) is 1.89. The molecule has 0 saturated carbocycles. The van der Waals surface area contributed by atoms with Gasteiger partial charge in [-0.05, 0) is 6.08 Å². The highest BCUT2D eigenvalue weighted by molar-refractivity contribution is 5.96. The minimum atomic E-state index is -0.265. The van der Waals surface area contributed by atoms with Gasteiger partial charge in [-0.25, -0.2) is 5.84 Å². The van der Waals surface area contributed by atoms with Gasteiger partial charge in [-0.15, -0.1) is 0 Å². The number of amides is 1. The second kappa shape index (κ2) is 6.19. The minimum Gasteiger partial charge on any atom is -0.290 e. The first-order valence-electron chi connectivity index (χ1n) is 5.15. The molecule has 3 heteroatoms. The molecule has 0 aromatic carbocycles. The van der Waals surface area contributed by atoms with E-state index in [0.29, 0.717) is 5.57 Å². The summed E-state index contributed by atoms with van der Waals surface area (Å²) in [5, 5.41) is 0. The summed E-state index contributed by atoms with van der Waals surface area (Å²) in [5.74, 6) is 4.76. The van der Waals surface area contributed by atoms with Gasteiger partial charge in [-0.3, -0.25) is 10.2 Å². The van der Waals surface area contributed by atoms with E-state index in [9.17, 15) is 4.79 Å². The summed E-state index contributed by atoms with van der Waals surface area (Å²) in [5.41, 5.74) is 2.66. The molecule has 1 aliphatic rings. The summed E-state index contributed by atoms with van der Waals surface area (Å²) in [6.45, 7) is 8.13. The van der Waals surface area contributed by atoms with Crippen molar-refractivity contribution in [2.24, 2.45) is 11.3 Å². The molecule has 1 amide bonds. The molecule has 84 valence electrons. The first kappa shape index (κ1) is 13.7. The highest BCUT2D eigenvalue weighted by Crippen LogP contribution is 2.22. The third kappa shape index (κ3) is 4.61. The number of hydrogen-bond acceptors (Lipinski definition) is 2. The van der Waals surface area contributed by atoms with Crippen molar-refractivity contribution in [1.82, 2.24) is 5.43 Å². The predicted molar refractivity (Wildman–Crippen MR) is 63.8 cm³/mol. The van der Waals surface area contributed by atoms with Crippen LogP contribution in [0.5, 0.6) is 0 Å². The Hall–Kier alpha value is -1.35. The minimum absolute atomic E-state index is 0.00682. The van der Waals surface area contributed by atoms with Crippen molar-refractivity contribution in [3.63, 3.8) is 0 Å². The molecule has 0 unspecified atom stereocenters. The van der Waals surface area contributed by atoms with Crippen LogP contribution in [0.25, 0.3) is 0 Å². The number of nitrogens with one attached hydrogen (secondary N) is 1.